The van der Waals surface area contributed by atoms with Crippen molar-refractivity contribution in [3.05, 3.63) is 52.8 Å². The zero-order valence-corrected chi connectivity index (χ0v) is 12.1. The molecule has 2 aromatic rings. The van der Waals surface area contributed by atoms with Gasteiger partial charge in [-0.25, -0.2) is 9.97 Å². The van der Waals surface area contributed by atoms with Crippen LogP contribution in [0.15, 0.2) is 41.8 Å². The number of halogens is 4. The van der Waals surface area contributed by atoms with Gasteiger partial charge < -0.3 is 0 Å². The minimum atomic E-state index is -4.53. The Morgan fingerprint density at radius 3 is 2.52 bits per heavy atom. The van der Waals surface area contributed by atoms with Crippen LogP contribution < -0.4 is 5.01 Å². The summed E-state index contributed by atoms with van der Waals surface area (Å²) in [5, 5.41) is 4.86. The third-order valence-corrected chi connectivity index (χ3v) is 3.55. The second-order valence-corrected chi connectivity index (χ2v) is 5.08. The number of hydrogen-bond acceptors (Lipinski definition) is 4. The molecule has 9 heteroatoms. The first-order valence-corrected chi connectivity index (χ1v) is 6.77. The lowest BCUT2D eigenvalue weighted by molar-refractivity contribution is -0.137. The van der Waals surface area contributed by atoms with Gasteiger partial charge in [-0.3, -0.25) is 4.79 Å². The van der Waals surface area contributed by atoms with E-state index in [0.29, 0.717) is 0 Å². The van der Waals surface area contributed by atoms with E-state index in [1.54, 1.807) is 6.07 Å². The van der Waals surface area contributed by atoms with Crippen LogP contribution in [-0.2, 0) is 11.0 Å². The van der Waals surface area contributed by atoms with Gasteiger partial charge in [0.15, 0.2) is 0 Å². The third kappa shape index (κ3) is 2.89. The molecule has 0 bridgehead atoms. The van der Waals surface area contributed by atoms with Crippen LogP contribution in [0.2, 0.25) is 5.02 Å². The Hall–Kier alpha value is -2.48. The van der Waals surface area contributed by atoms with Crippen LogP contribution >= 0.6 is 11.6 Å². The molecule has 1 aromatic heterocycles. The summed E-state index contributed by atoms with van der Waals surface area (Å²) in [4.78, 5) is 20.2. The molecular formula is C14H8ClF3N4O. The lowest BCUT2D eigenvalue weighted by atomic mass is 9.97. The summed E-state index contributed by atoms with van der Waals surface area (Å²) in [5.41, 5.74) is -0.846. The molecular weight excluding hydrogens is 333 g/mol. The smallest absolute Gasteiger partial charge is 0.271 e. The van der Waals surface area contributed by atoms with Crippen molar-refractivity contribution in [1.82, 2.24) is 9.97 Å². The van der Waals surface area contributed by atoms with Crippen molar-refractivity contribution in [2.45, 2.75) is 12.1 Å². The lowest BCUT2D eigenvalue weighted by Crippen LogP contribution is -2.26. The summed E-state index contributed by atoms with van der Waals surface area (Å²) >= 11 is 5.95. The number of amides is 1. The molecule has 0 saturated carbocycles. The molecule has 5 nitrogen and oxygen atoms in total. The zero-order valence-electron chi connectivity index (χ0n) is 11.3. The molecule has 2 heterocycles. The molecule has 1 unspecified atom stereocenters. The average molecular weight is 341 g/mol. The van der Waals surface area contributed by atoms with E-state index in [0.717, 1.165) is 23.2 Å². The van der Waals surface area contributed by atoms with Gasteiger partial charge in [0.25, 0.3) is 11.9 Å². The number of benzene rings is 1. The molecule has 118 valence electrons. The van der Waals surface area contributed by atoms with E-state index in [4.69, 9.17) is 11.6 Å². The summed E-state index contributed by atoms with van der Waals surface area (Å²) in [5.74, 6) is -1.55. The lowest BCUT2D eigenvalue weighted by Gasteiger charge is -2.15. The van der Waals surface area contributed by atoms with Crippen molar-refractivity contribution in [2.24, 2.45) is 5.10 Å². The van der Waals surface area contributed by atoms with Gasteiger partial charge in [0.2, 0.25) is 0 Å². The Labute approximate surface area is 133 Å². The van der Waals surface area contributed by atoms with Crippen molar-refractivity contribution in [2.75, 3.05) is 5.01 Å². The highest BCUT2D eigenvalue weighted by Gasteiger charge is 2.36. The topological polar surface area (TPSA) is 58.5 Å². The maximum Gasteiger partial charge on any atom is 0.416 e. The highest BCUT2D eigenvalue weighted by Crippen LogP contribution is 2.35. The van der Waals surface area contributed by atoms with Gasteiger partial charge >= 0.3 is 6.18 Å². The van der Waals surface area contributed by atoms with E-state index in [1.165, 1.54) is 18.6 Å². The van der Waals surface area contributed by atoms with E-state index in [1.807, 2.05) is 0 Å². The molecule has 0 radical (unpaired) electrons. The molecule has 0 aliphatic carbocycles. The fraction of sp³-hybridized carbons (Fsp3) is 0.143. The normalized spacial score (nSPS) is 17.8. The van der Waals surface area contributed by atoms with Gasteiger partial charge in [-0.05, 0) is 29.8 Å². The molecule has 1 aliphatic rings. The molecule has 0 spiro atoms. The van der Waals surface area contributed by atoms with Gasteiger partial charge in [0.1, 0.15) is 5.92 Å². The largest absolute Gasteiger partial charge is 0.416 e. The van der Waals surface area contributed by atoms with Crippen LogP contribution in [0.25, 0.3) is 0 Å². The molecule has 1 amide bonds. The van der Waals surface area contributed by atoms with Crippen molar-refractivity contribution >= 4 is 29.7 Å². The van der Waals surface area contributed by atoms with Gasteiger partial charge in [-0.1, -0.05) is 11.6 Å². The molecule has 23 heavy (non-hydrogen) atoms. The zero-order chi connectivity index (χ0) is 16.6. The van der Waals surface area contributed by atoms with Crippen molar-refractivity contribution in [1.29, 1.82) is 0 Å². The molecule has 0 N–H and O–H groups in total. The van der Waals surface area contributed by atoms with Crippen molar-refractivity contribution in [3.63, 3.8) is 0 Å². The maximum absolute atomic E-state index is 12.8. The quantitative estimate of drug-likeness (QED) is 0.843. The first-order chi connectivity index (χ1) is 10.9. The van der Waals surface area contributed by atoms with Crippen molar-refractivity contribution < 1.29 is 18.0 Å². The number of aromatic nitrogens is 2. The standard InChI is InChI=1S/C14H8ClF3N4O/c15-11-3-2-8(14(16,17)18)6-9(11)10-7-21-22(12(10)23)13-19-4-1-5-20-13/h1-7,10H. The van der Waals surface area contributed by atoms with Crippen LogP contribution in [0.3, 0.4) is 0 Å². The third-order valence-electron chi connectivity index (χ3n) is 3.21. The summed E-state index contributed by atoms with van der Waals surface area (Å²) < 4.78 is 38.5. The summed E-state index contributed by atoms with van der Waals surface area (Å²) in [6.07, 6.45) is -0.453. The van der Waals surface area contributed by atoms with Gasteiger partial charge in [-0.15, -0.1) is 0 Å². The Balaban J connectivity index is 1.95. The van der Waals surface area contributed by atoms with Crippen LogP contribution in [0.4, 0.5) is 19.1 Å². The van der Waals surface area contributed by atoms with Crippen LogP contribution in [0.1, 0.15) is 17.0 Å². The predicted molar refractivity (Wildman–Crippen MR) is 77.2 cm³/mol. The number of carbonyl (C=O) groups is 1. The number of hydrazone groups is 1. The van der Waals surface area contributed by atoms with Crippen molar-refractivity contribution in [3.8, 4) is 0 Å². The monoisotopic (exact) mass is 340 g/mol. The Kier molecular flexibility index (Phi) is 3.77. The molecule has 1 aromatic carbocycles. The first kappa shape index (κ1) is 15.4. The first-order valence-electron chi connectivity index (χ1n) is 6.39. The Morgan fingerprint density at radius 1 is 1.17 bits per heavy atom. The average Bonchev–Trinajstić information content (AvgIpc) is 2.89. The van der Waals surface area contributed by atoms with E-state index in [9.17, 15) is 18.0 Å². The molecule has 1 aliphatic heterocycles. The number of alkyl halides is 3. The minimum absolute atomic E-state index is 0.0358. The second-order valence-electron chi connectivity index (χ2n) is 4.68. The van der Waals surface area contributed by atoms with E-state index >= 15 is 0 Å². The van der Waals surface area contributed by atoms with Crippen LogP contribution in [0.5, 0.6) is 0 Å². The maximum atomic E-state index is 12.8. The van der Waals surface area contributed by atoms with E-state index in [2.05, 4.69) is 15.1 Å². The highest BCUT2D eigenvalue weighted by atomic mass is 35.5. The fourth-order valence-corrected chi connectivity index (χ4v) is 2.34. The molecule has 0 saturated heterocycles. The van der Waals surface area contributed by atoms with E-state index in [-0.39, 0.29) is 16.5 Å². The number of hydrogen-bond donors (Lipinski definition) is 0. The SMILES string of the molecule is O=C1C(c2cc(C(F)(F)F)ccc2Cl)C=NN1c1ncccn1. The van der Waals surface area contributed by atoms with Crippen LogP contribution in [0, 0.1) is 0 Å². The van der Waals surface area contributed by atoms with Gasteiger partial charge in [0.05, 0.1) is 5.56 Å². The summed E-state index contributed by atoms with van der Waals surface area (Å²) in [7, 11) is 0. The summed E-state index contributed by atoms with van der Waals surface area (Å²) in [6, 6.07) is 4.39. The molecule has 0 fully saturated rings. The Bertz CT molecular complexity index is 779. The summed E-state index contributed by atoms with van der Waals surface area (Å²) in [6.45, 7) is 0. The number of carbonyl (C=O) groups excluding carboxylic acids is 1. The van der Waals surface area contributed by atoms with E-state index < -0.39 is 23.6 Å². The highest BCUT2D eigenvalue weighted by molar-refractivity contribution is 6.32. The molecule has 1 atom stereocenters. The minimum Gasteiger partial charge on any atom is -0.271 e. The Morgan fingerprint density at radius 2 is 1.87 bits per heavy atom. The number of rotatable bonds is 2. The fourth-order valence-electron chi connectivity index (χ4n) is 2.11. The number of anilines is 1. The van der Waals surface area contributed by atoms with Gasteiger partial charge in [-0.2, -0.15) is 23.3 Å². The predicted octanol–water partition coefficient (Wildman–Crippen LogP) is 3.27. The second kappa shape index (κ2) is 5.62. The van der Waals surface area contributed by atoms with Gasteiger partial charge in [0, 0.05) is 23.6 Å². The molecule has 3 rings (SSSR count). The number of nitrogens with zero attached hydrogens (tertiary/aromatic N) is 4. The van der Waals surface area contributed by atoms with Crippen LogP contribution in [-0.4, -0.2) is 22.1 Å².